The number of nitrogens with one attached hydrogen (secondary N) is 1. The van der Waals surface area contributed by atoms with E-state index >= 15 is 0 Å². The number of aromatic nitrogens is 2. The van der Waals surface area contributed by atoms with Crippen LogP contribution in [0.5, 0.6) is 0 Å². The second-order valence-corrected chi connectivity index (χ2v) is 6.62. The molecule has 1 aromatic heterocycles. The van der Waals surface area contributed by atoms with Gasteiger partial charge < -0.3 is 10.2 Å². The zero-order valence-electron chi connectivity index (χ0n) is 13.4. The van der Waals surface area contributed by atoms with Gasteiger partial charge in [0.1, 0.15) is 12.1 Å². The molecule has 1 aliphatic carbocycles. The zero-order chi connectivity index (χ0) is 15.4. The topological polar surface area (TPSA) is 58.1 Å². The van der Waals surface area contributed by atoms with Gasteiger partial charge in [-0.15, -0.1) is 0 Å². The Labute approximate surface area is 132 Å². The van der Waals surface area contributed by atoms with Crippen molar-refractivity contribution in [2.24, 2.45) is 5.92 Å². The number of nitrogens with zero attached hydrogens (tertiary/aromatic N) is 3. The largest absolute Gasteiger partial charge is 0.356 e. The van der Waals surface area contributed by atoms with E-state index < -0.39 is 0 Å². The highest BCUT2D eigenvalue weighted by Crippen LogP contribution is 2.24. The van der Waals surface area contributed by atoms with Crippen LogP contribution in [0.1, 0.15) is 50.6 Å². The first-order valence-corrected chi connectivity index (χ1v) is 8.56. The fourth-order valence-electron chi connectivity index (χ4n) is 3.55. The Morgan fingerprint density at radius 2 is 1.86 bits per heavy atom. The molecule has 0 atom stereocenters. The van der Waals surface area contributed by atoms with E-state index in [0.717, 1.165) is 50.3 Å². The van der Waals surface area contributed by atoms with Gasteiger partial charge in [-0.05, 0) is 32.6 Å². The molecule has 0 spiro atoms. The number of carbonyl (C=O) groups is 1. The minimum atomic E-state index is 0.260. The molecule has 1 saturated heterocycles. The third-order valence-electron chi connectivity index (χ3n) is 4.93. The molecular weight excluding hydrogens is 276 g/mol. The van der Waals surface area contributed by atoms with Gasteiger partial charge in [-0.2, -0.15) is 0 Å². The lowest BCUT2D eigenvalue weighted by atomic mass is 9.88. The lowest BCUT2D eigenvalue weighted by Crippen LogP contribution is -2.46. The molecule has 5 nitrogen and oxygen atoms in total. The molecule has 22 heavy (non-hydrogen) atoms. The van der Waals surface area contributed by atoms with Gasteiger partial charge in [-0.3, -0.25) is 4.79 Å². The molecule has 1 amide bonds. The lowest BCUT2D eigenvalue weighted by molar-refractivity contribution is -0.126. The van der Waals surface area contributed by atoms with Crippen LogP contribution in [0.3, 0.4) is 0 Å². The summed E-state index contributed by atoms with van der Waals surface area (Å²) in [6, 6.07) is 2.36. The molecule has 120 valence electrons. The summed E-state index contributed by atoms with van der Waals surface area (Å²) in [6.07, 6.45) is 9.49. The Morgan fingerprint density at radius 3 is 2.55 bits per heavy atom. The van der Waals surface area contributed by atoms with E-state index in [1.807, 2.05) is 13.0 Å². The summed E-state index contributed by atoms with van der Waals surface area (Å²) >= 11 is 0. The van der Waals surface area contributed by atoms with Crippen LogP contribution in [0.15, 0.2) is 12.4 Å². The van der Waals surface area contributed by atoms with Crippen molar-refractivity contribution in [1.29, 1.82) is 0 Å². The van der Waals surface area contributed by atoms with Crippen molar-refractivity contribution in [3.63, 3.8) is 0 Å². The van der Waals surface area contributed by atoms with Crippen LogP contribution < -0.4 is 10.2 Å². The van der Waals surface area contributed by atoms with Crippen LogP contribution in [0.4, 0.5) is 5.82 Å². The average Bonchev–Trinajstić information content (AvgIpc) is 2.56. The maximum absolute atomic E-state index is 12.3. The minimum Gasteiger partial charge on any atom is -0.356 e. The van der Waals surface area contributed by atoms with E-state index in [2.05, 4.69) is 20.2 Å². The van der Waals surface area contributed by atoms with E-state index in [-0.39, 0.29) is 11.8 Å². The van der Waals surface area contributed by atoms with Crippen LogP contribution in [0.2, 0.25) is 0 Å². The van der Waals surface area contributed by atoms with Crippen molar-refractivity contribution in [1.82, 2.24) is 15.3 Å². The third kappa shape index (κ3) is 3.76. The quantitative estimate of drug-likeness (QED) is 0.932. The van der Waals surface area contributed by atoms with Crippen LogP contribution in [-0.4, -0.2) is 35.0 Å². The summed E-state index contributed by atoms with van der Waals surface area (Å²) < 4.78 is 0. The first kappa shape index (κ1) is 15.3. The second kappa shape index (κ2) is 7.07. The number of aryl methyl sites for hydroxylation is 1. The Morgan fingerprint density at radius 1 is 1.14 bits per heavy atom. The van der Waals surface area contributed by atoms with Crippen molar-refractivity contribution in [3.8, 4) is 0 Å². The summed E-state index contributed by atoms with van der Waals surface area (Å²) in [5.74, 6) is 1.55. The van der Waals surface area contributed by atoms with E-state index in [1.54, 1.807) is 6.33 Å². The highest BCUT2D eigenvalue weighted by Gasteiger charge is 2.26. The highest BCUT2D eigenvalue weighted by molar-refractivity contribution is 5.79. The van der Waals surface area contributed by atoms with Crippen molar-refractivity contribution in [2.75, 3.05) is 18.0 Å². The smallest absolute Gasteiger partial charge is 0.223 e. The fraction of sp³-hybridized carbons (Fsp3) is 0.706. The maximum Gasteiger partial charge on any atom is 0.223 e. The van der Waals surface area contributed by atoms with Gasteiger partial charge in [-0.1, -0.05) is 19.3 Å². The summed E-state index contributed by atoms with van der Waals surface area (Å²) in [4.78, 5) is 23.1. The first-order valence-electron chi connectivity index (χ1n) is 8.56. The SMILES string of the molecule is Cc1cc(N2CCC(NC(=O)C3CCCCC3)CC2)ncn1. The zero-order valence-corrected chi connectivity index (χ0v) is 13.4. The number of piperidine rings is 1. The van der Waals surface area contributed by atoms with Crippen LogP contribution in [0, 0.1) is 12.8 Å². The van der Waals surface area contributed by atoms with Crippen LogP contribution >= 0.6 is 0 Å². The molecule has 0 unspecified atom stereocenters. The van der Waals surface area contributed by atoms with E-state index in [0.29, 0.717) is 6.04 Å². The van der Waals surface area contributed by atoms with Crippen molar-refractivity contribution >= 4 is 11.7 Å². The third-order valence-corrected chi connectivity index (χ3v) is 4.93. The highest BCUT2D eigenvalue weighted by atomic mass is 16.1. The van der Waals surface area contributed by atoms with Crippen molar-refractivity contribution in [2.45, 2.75) is 57.9 Å². The predicted molar refractivity (Wildman–Crippen MR) is 86.7 cm³/mol. The standard InChI is InChI=1S/C17H26N4O/c1-13-11-16(19-12-18-13)21-9-7-15(8-10-21)20-17(22)14-5-3-2-4-6-14/h11-12,14-15H,2-10H2,1H3,(H,20,22). The van der Waals surface area contributed by atoms with Crippen LogP contribution in [0.25, 0.3) is 0 Å². The molecule has 1 aliphatic heterocycles. The van der Waals surface area contributed by atoms with Gasteiger partial charge in [-0.25, -0.2) is 9.97 Å². The van der Waals surface area contributed by atoms with Gasteiger partial charge in [0.15, 0.2) is 0 Å². The number of rotatable bonds is 3. The van der Waals surface area contributed by atoms with Crippen molar-refractivity contribution in [3.05, 3.63) is 18.1 Å². The molecule has 2 fully saturated rings. The molecule has 1 saturated carbocycles. The molecule has 1 aromatic rings. The number of anilines is 1. The summed E-state index contributed by atoms with van der Waals surface area (Å²) in [6.45, 7) is 3.89. The minimum absolute atomic E-state index is 0.260. The number of amides is 1. The van der Waals surface area contributed by atoms with Gasteiger partial charge in [0.2, 0.25) is 5.91 Å². The molecule has 0 bridgehead atoms. The molecule has 0 radical (unpaired) electrons. The Bertz CT molecular complexity index is 505. The number of hydrogen-bond acceptors (Lipinski definition) is 4. The number of carbonyl (C=O) groups excluding carboxylic acids is 1. The molecular formula is C17H26N4O. The van der Waals surface area contributed by atoms with Gasteiger partial charge in [0.25, 0.3) is 0 Å². The normalized spacial score (nSPS) is 20.9. The van der Waals surface area contributed by atoms with Gasteiger partial charge in [0, 0.05) is 36.8 Å². The van der Waals surface area contributed by atoms with Gasteiger partial charge >= 0.3 is 0 Å². The fourth-order valence-corrected chi connectivity index (χ4v) is 3.55. The Hall–Kier alpha value is -1.65. The molecule has 1 N–H and O–H groups in total. The van der Waals surface area contributed by atoms with Crippen molar-refractivity contribution < 1.29 is 4.79 Å². The summed E-state index contributed by atoms with van der Waals surface area (Å²) in [5, 5.41) is 3.27. The van der Waals surface area contributed by atoms with E-state index in [1.165, 1.54) is 19.3 Å². The molecule has 0 aromatic carbocycles. The summed E-state index contributed by atoms with van der Waals surface area (Å²) in [7, 11) is 0. The first-order chi connectivity index (χ1) is 10.7. The second-order valence-electron chi connectivity index (χ2n) is 6.62. The molecule has 2 heterocycles. The van der Waals surface area contributed by atoms with E-state index in [9.17, 15) is 4.79 Å². The molecule has 2 aliphatic rings. The monoisotopic (exact) mass is 302 g/mol. The maximum atomic E-state index is 12.3. The number of hydrogen-bond donors (Lipinski definition) is 1. The van der Waals surface area contributed by atoms with Gasteiger partial charge in [0.05, 0.1) is 0 Å². The molecule has 5 heteroatoms. The Balaban J connectivity index is 1.48. The lowest BCUT2D eigenvalue weighted by Gasteiger charge is -2.34. The average molecular weight is 302 g/mol. The van der Waals surface area contributed by atoms with Crippen LogP contribution in [-0.2, 0) is 4.79 Å². The predicted octanol–water partition coefficient (Wildman–Crippen LogP) is 2.45. The Kier molecular flexibility index (Phi) is 4.90. The molecule has 3 rings (SSSR count). The summed E-state index contributed by atoms with van der Waals surface area (Å²) in [5.41, 5.74) is 0.998. The van der Waals surface area contributed by atoms with E-state index in [4.69, 9.17) is 0 Å².